The predicted octanol–water partition coefficient (Wildman–Crippen LogP) is 1.67. The summed E-state index contributed by atoms with van der Waals surface area (Å²) in [5.74, 6) is 1.22. The molecule has 2 saturated heterocycles. The number of hydrogen-bond donors (Lipinski definition) is 1. The zero-order valence-corrected chi connectivity index (χ0v) is 10.8. The highest BCUT2D eigenvalue weighted by Crippen LogP contribution is 2.21. The van der Waals surface area contributed by atoms with Crippen LogP contribution >= 0.6 is 11.8 Å². The molecule has 0 aromatic heterocycles. The first-order valence-corrected chi connectivity index (χ1v) is 7.51. The average Bonchev–Trinajstić information content (AvgIpc) is 2.83. The molecule has 3 nitrogen and oxygen atoms in total. The summed E-state index contributed by atoms with van der Waals surface area (Å²) in [4.78, 5) is 0. The average molecular weight is 245 g/mol. The molecule has 0 spiro atoms. The largest absolute Gasteiger partial charge is 0.381 e. The van der Waals surface area contributed by atoms with Crippen molar-refractivity contribution in [2.75, 3.05) is 38.7 Å². The molecule has 0 aromatic rings. The van der Waals surface area contributed by atoms with Crippen LogP contribution in [-0.4, -0.2) is 50.0 Å². The van der Waals surface area contributed by atoms with Crippen molar-refractivity contribution < 1.29 is 9.47 Å². The Morgan fingerprint density at radius 1 is 1.12 bits per heavy atom. The molecule has 0 bridgehead atoms. The Hall–Kier alpha value is 0.230. The number of hydrogen-bond acceptors (Lipinski definition) is 4. The van der Waals surface area contributed by atoms with Crippen molar-refractivity contribution in [3.63, 3.8) is 0 Å². The summed E-state index contributed by atoms with van der Waals surface area (Å²) in [5, 5.41) is 4.32. The molecular weight excluding hydrogens is 222 g/mol. The first kappa shape index (κ1) is 12.7. The van der Waals surface area contributed by atoms with Gasteiger partial charge in [-0.1, -0.05) is 0 Å². The van der Waals surface area contributed by atoms with Crippen LogP contribution in [0.2, 0.25) is 0 Å². The minimum atomic E-state index is 0.480. The number of rotatable bonds is 6. The normalized spacial score (nSPS) is 27.4. The summed E-state index contributed by atoms with van der Waals surface area (Å²) in [6.07, 6.45) is 5.42. The van der Waals surface area contributed by atoms with Gasteiger partial charge < -0.3 is 14.8 Å². The van der Waals surface area contributed by atoms with Crippen LogP contribution in [0.5, 0.6) is 0 Å². The van der Waals surface area contributed by atoms with Crippen LogP contribution in [0.25, 0.3) is 0 Å². The van der Waals surface area contributed by atoms with Gasteiger partial charge in [-0.3, -0.25) is 0 Å². The SMILES string of the molecule is C1COC(CNCCSC2CCOCC2)C1. The third-order valence-electron chi connectivity index (χ3n) is 3.20. The van der Waals surface area contributed by atoms with E-state index in [-0.39, 0.29) is 0 Å². The van der Waals surface area contributed by atoms with Gasteiger partial charge in [0.2, 0.25) is 0 Å². The second-order valence-electron chi connectivity index (χ2n) is 4.52. The molecule has 2 aliphatic heterocycles. The lowest BCUT2D eigenvalue weighted by atomic mass is 10.2. The summed E-state index contributed by atoms with van der Waals surface area (Å²) in [7, 11) is 0. The van der Waals surface area contributed by atoms with Crippen LogP contribution in [0.4, 0.5) is 0 Å². The summed E-state index contributed by atoms with van der Waals surface area (Å²) < 4.78 is 10.9. The number of nitrogens with one attached hydrogen (secondary N) is 1. The van der Waals surface area contributed by atoms with E-state index < -0.39 is 0 Å². The van der Waals surface area contributed by atoms with Gasteiger partial charge in [0.05, 0.1) is 6.10 Å². The molecule has 0 amide bonds. The predicted molar refractivity (Wildman–Crippen MR) is 68.1 cm³/mol. The first-order valence-electron chi connectivity index (χ1n) is 6.47. The van der Waals surface area contributed by atoms with E-state index in [0.29, 0.717) is 6.10 Å². The van der Waals surface area contributed by atoms with Crippen molar-refractivity contribution in [3.05, 3.63) is 0 Å². The molecule has 0 radical (unpaired) electrons. The third-order valence-corrected chi connectivity index (χ3v) is 4.58. The molecule has 1 atom stereocenters. The monoisotopic (exact) mass is 245 g/mol. The standard InChI is InChI=1S/C12H23NO2S/c1-2-11(15-6-1)10-13-5-9-16-12-3-7-14-8-4-12/h11-13H,1-10H2. The molecule has 16 heavy (non-hydrogen) atoms. The van der Waals surface area contributed by atoms with E-state index in [1.807, 2.05) is 0 Å². The van der Waals surface area contributed by atoms with Gasteiger partial charge in [-0.25, -0.2) is 0 Å². The summed E-state index contributed by atoms with van der Waals surface area (Å²) in [6.45, 7) is 5.03. The van der Waals surface area contributed by atoms with Crippen molar-refractivity contribution >= 4 is 11.8 Å². The van der Waals surface area contributed by atoms with Crippen molar-refractivity contribution in [2.24, 2.45) is 0 Å². The maximum atomic E-state index is 5.56. The molecular formula is C12H23NO2S. The lowest BCUT2D eigenvalue weighted by Gasteiger charge is -2.21. The van der Waals surface area contributed by atoms with Crippen LogP contribution in [0, 0.1) is 0 Å². The number of ether oxygens (including phenoxy) is 2. The minimum Gasteiger partial charge on any atom is -0.381 e. The Kier molecular flexibility index (Phi) is 5.97. The van der Waals surface area contributed by atoms with E-state index in [1.165, 1.54) is 31.4 Å². The maximum absolute atomic E-state index is 5.56. The van der Waals surface area contributed by atoms with Gasteiger partial charge in [-0.15, -0.1) is 0 Å². The van der Waals surface area contributed by atoms with E-state index in [1.54, 1.807) is 0 Å². The third kappa shape index (κ3) is 4.62. The fourth-order valence-corrected chi connectivity index (χ4v) is 3.33. The Morgan fingerprint density at radius 2 is 2.00 bits per heavy atom. The fraction of sp³-hybridized carbons (Fsp3) is 1.00. The van der Waals surface area contributed by atoms with Crippen molar-refractivity contribution in [1.82, 2.24) is 5.32 Å². The zero-order chi connectivity index (χ0) is 11.1. The molecule has 0 aliphatic carbocycles. The van der Waals surface area contributed by atoms with Crippen LogP contribution in [-0.2, 0) is 9.47 Å². The topological polar surface area (TPSA) is 30.5 Å². The Bertz CT molecular complexity index is 180. The summed E-state index contributed by atoms with van der Waals surface area (Å²) in [6, 6.07) is 0. The lowest BCUT2D eigenvalue weighted by Crippen LogP contribution is -2.28. The van der Waals surface area contributed by atoms with E-state index >= 15 is 0 Å². The van der Waals surface area contributed by atoms with Crippen molar-refractivity contribution in [2.45, 2.75) is 37.0 Å². The van der Waals surface area contributed by atoms with E-state index in [0.717, 1.165) is 38.2 Å². The molecule has 2 heterocycles. The van der Waals surface area contributed by atoms with Gasteiger partial charge in [0.1, 0.15) is 0 Å². The smallest absolute Gasteiger partial charge is 0.0700 e. The Balaban J connectivity index is 1.42. The van der Waals surface area contributed by atoms with Gasteiger partial charge in [0.25, 0.3) is 0 Å². The Morgan fingerprint density at radius 3 is 2.75 bits per heavy atom. The molecule has 0 aromatic carbocycles. The highest BCUT2D eigenvalue weighted by atomic mass is 32.2. The summed E-state index contributed by atoms with van der Waals surface area (Å²) >= 11 is 2.10. The second kappa shape index (κ2) is 7.54. The van der Waals surface area contributed by atoms with Crippen LogP contribution in [0.15, 0.2) is 0 Å². The Labute approximate surface area is 103 Å². The van der Waals surface area contributed by atoms with Gasteiger partial charge >= 0.3 is 0 Å². The molecule has 2 fully saturated rings. The van der Waals surface area contributed by atoms with Gasteiger partial charge in [-0.2, -0.15) is 11.8 Å². The van der Waals surface area contributed by atoms with Crippen LogP contribution in [0.3, 0.4) is 0 Å². The van der Waals surface area contributed by atoms with Crippen molar-refractivity contribution in [3.8, 4) is 0 Å². The zero-order valence-electron chi connectivity index (χ0n) is 9.95. The minimum absolute atomic E-state index is 0.480. The van der Waals surface area contributed by atoms with Gasteiger partial charge in [0.15, 0.2) is 0 Å². The molecule has 0 saturated carbocycles. The lowest BCUT2D eigenvalue weighted by molar-refractivity contribution is 0.1000. The van der Waals surface area contributed by atoms with E-state index in [9.17, 15) is 0 Å². The quantitative estimate of drug-likeness (QED) is 0.721. The maximum Gasteiger partial charge on any atom is 0.0700 e. The molecule has 2 aliphatic rings. The molecule has 4 heteroatoms. The van der Waals surface area contributed by atoms with Crippen molar-refractivity contribution in [1.29, 1.82) is 0 Å². The first-order chi connectivity index (χ1) is 7.95. The molecule has 1 N–H and O–H groups in total. The second-order valence-corrected chi connectivity index (χ2v) is 5.93. The van der Waals surface area contributed by atoms with Crippen LogP contribution in [0.1, 0.15) is 25.7 Å². The highest BCUT2D eigenvalue weighted by Gasteiger charge is 2.15. The fourth-order valence-electron chi connectivity index (χ4n) is 2.21. The van der Waals surface area contributed by atoms with Gasteiger partial charge in [-0.05, 0) is 25.7 Å². The number of thioether (sulfide) groups is 1. The van der Waals surface area contributed by atoms with Crippen LogP contribution < -0.4 is 5.32 Å². The van der Waals surface area contributed by atoms with E-state index in [4.69, 9.17) is 9.47 Å². The molecule has 94 valence electrons. The van der Waals surface area contributed by atoms with E-state index in [2.05, 4.69) is 17.1 Å². The highest BCUT2D eigenvalue weighted by molar-refractivity contribution is 7.99. The molecule has 1 unspecified atom stereocenters. The summed E-state index contributed by atoms with van der Waals surface area (Å²) in [5.41, 5.74) is 0. The van der Waals surface area contributed by atoms with Gasteiger partial charge in [0, 0.05) is 43.9 Å². The molecule has 2 rings (SSSR count).